The third-order valence-corrected chi connectivity index (χ3v) is 7.87. The predicted molar refractivity (Wildman–Crippen MR) is 155 cm³/mol. The third kappa shape index (κ3) is 13.0. The van der Waals surface area contributed by atoms with Crippen LogP contribution in [-0.4, -0.2) is 142 Å². The minimum absolute atomic E-state index is 0.0615. The van der Waals surface area contributed by atoms with Crippen LogP contribution < -0.4 is 0 Å². The summed E-state index contributed by atoms with van der Waals surface area (Å²) in [6, 6.07) is 0. The number of carbonyl (C=O) groups is 1. The molecule has 2 rings (SSSR count). The van der Waals surface area contributed by atoms with Crippen molar-refractivity contribution in [3.05, 3.63) is 0 Å². The van der Waals surface area contributed by atoms with Gasteiger partial charge >= 0.3 is 5.97 Å². The number of aliphatic hydroxyl groups is 7. The highest BCUT2D eigenvalue weighted by molar-refractivity contribution is 5.69. The molecule has 14 heteroatoms. The number of carbonyl (C=O) groups excluding carboxylic acids is 1. The zero-order valence-corrected chi connectivity index (χ0v) is 26.2. The van der Waals surface area contributed by atoms with E-state index in [4.69, 9.17) is 28.4 Å². The van der Waals surface area contributed by atoms with Crippen molar-refractivity contribution < 1.29 is 69.0 Å². The van der Waals surface area contributed by atoms with Gasteiger partial charge in [0.15, 0.2) is 12.6 Å². The molecule has 0 saturated carbocycles. The number of rotatable bonds is 22. The first-order valence-corrected chi connectivity index (χ1v) is 16.1. The molecule has 0 aromatic heterocycles. The van der Waals surface area contributed by atoms with Crippen LogP contribution in [0.5, 0.6) is 0 Å². The van der Waals surface area contributed by atoms with Gasteiger partial charge in [0.2, 0.25) is 0 Å². The van der Waals surface area contributed by atoms with Crippen LogP contribution in [0.3, 0.4) is 0 Å². The fourth-order valence-electron chi connectivity index (χ4n) is 5.02. The molecule has 0 aromatic rings. The van der Waals surface area contributed by atoms with E-state index in [2.05, 4.69) is 6.92 Å². The summed E-state index contributed by atoms with van der Waals surface area (Å²) in [6.45, 7) is 3.35. The SMILES string of the molecule is CCCCCCCCCCOCC(COC1OC(COC2OC(CO)C(O)C(O)C2O)C(O)C(O)C1O)OC(=O)CCCC. The Kier molecular flexibility index (Phi) is 19.3. The van der Waals surface area contributed by atoms with Crippen molar-refractivity contribution in [3.63, 3.8) is 0 Å². The quantitative estimate of drug-likeness (QED) is 0.0608. The second kappa shape index (κ2) is 21.7. The van der Waals surface area contributed by atoms with E-state index in [1.165, 1.54) is 32.1 Å². The van der Waals surface area contributed by atoms with Crippen molar-refractivity contribution in [1.82, 2.24) is 0 Å². The Labute approximate surface area is 260 Å². The number of esters is 1. The summed E-state index contributed by atoms with van der Waals surface area (Å²) in [6.07, 6.45) is -5.14. The maximum absolute atomic E-state index is 12.3. The number of hydrogen-bond acceptors (Lipinski definition) is 14. The molecule has 0 spiro atoms. The zero-order chi connectivity index (χ0) is 32.5. The van der Waals surface area contributed by atoms with Crippen LogP contribution in [0.25, 0.3) is 0 Å². The monoisotopic (exact) mass is 640 g/mol. The van der Waals surface area contributed by atoms with Crippen LogP contribution in [0.2, 0.25) is 0 Å². The Balaban J connectivity index is 1.88. The molecule has 11 atom stereocenters. The smallest absolute Gasteiger partial charge is 0.306 e. The van der Waals surface area contributed by atoms with Gasteiger partial charge in [-0.3, -0.25) is 4.79 Å². The molecular weight excluding hydrogens is 584 g/mol. The van der Waals surface area contributed by atoms with Gasteiger partial charge in [0.25, 0.3) is 0 Å². The van der Waals surface area contributed by atoms with Crippen molar-refractivity contribution in [1.29, 1.82) is 0 Å². The lowest BCUT2D eigenvalue weighted by Crippen LogP contribution is -2.61. The molecule has 2 aliphatic rings. The Morgan fingerprint density at radius 3 is 1.82 bits per heavy atom. The summed E-state index contributed by atoms with van der Waals surface area (Å²) in [5.74, 6) is -0.414. The molecule has 2 saturated heterocycles. The minimum atomic E-state index is -1.69. The highest BCUT2D eigenvalue weighted by atomic mass is 16.7. The average Bonchev–Trinajstić information content (AvgIpc) is 3.02. The van der Waals surface area contributed by atoms with Gasteiger partial charge in [0.1, 0.15) is 54.9 Å². The van der Waals surface area contributed by atoms with Gasteiger partial charge in [-0.1, -0.05) is 65.2 Å². The van der Waals surface area contributed by atoms with E-state index in [0.717, 1.165) is 25.7 Å². The zero-order valence-electron chi connectivity index (χ0n) is 26.2. The van der Waals surface area contributed by atoms with E-state index in [1.807, 2.05) is 6.92 Å². The number of aliphatic hydroxyl groups excluding tert-OH is 7. The normalized spacial score (nSPS) is 33.3. The largest absolute Gasteiger partial charge is 0.457 e. The summed E-state index contributed by atoms with van der Waals surface area (Å²) in [5.41, 5.74) is 0. The lowest BCUT2D eigenvalue weighted by molar-refractivity contribution is -0.332. The van der Waals surface area contributed by atoms with Crippen molar-refractivity contribution in [3.8, 4) is 0 Å². The van der Waals surface area contributed by atoms with Crippen LogP contribution in [0.1, 0.15) is 84.5 Å². The molecule has 14 nitrogen and oxygen atoms in total. The number of ether oxygens (including phenoxy) is 6. The summed E-state index contributed by atoms with van der Waals surface area (Å²) >= 11 is 0. The lowest BCUT2D eigenvalue weighted by atomic mass is 9.98. The standard InChI is InChI=1S/C30H56O14/c1-3-5-7-8-9-10-11-12-14-39-16-19(42-22(32)13-6-4-2)17-40-29-28(38)26(36)24(34)21(44-29)18-41-30-27(37)25(35)23(33)20(15-31)43-30/h19-21,23-31,33-38H,3-18H2,1-2H3. The molecule has 44 heavy (non-hydrogen) atoms. The summed E-state index contributed by atoms with van der Waals surface area (Å²) in [7, 11) is 0. The Hall–Kier alpha value is -1.01. The first-order valence-electron chi connectivity index (χ1n) is 16.1. The Morgan fingerprint density at radius 1 is 0.659 bits per heavy atom. The molecule has 2 aliphatic heterocycles. The molecule has 260 valence electrons. The topological polar surface area (TPSA) is 214 Å². The fourth-order valence-corrected chi connectivity index (χ4v) is 5.02. The molecule has 0 radical (unpaired) electrons. The van der Waals surface area contributed by atoms with E-state index < -0.39 is 86.7 Å². The Morgan fingerprint density at radius 2 is 1.20 bits per heavy atom. The van der Waals surface area contributed by atoms with Crippen LogP contribution >= 0.6 is 0 Å². The number of unbranched alkanes of at least 4 members (excludes halogenated alkanes) is 8. The number of hydrogen-bond donors (Lipinski definition) is 7. The third-order valence-electron chi connectivity index (χ3n) is 7.87. The van der Waals surface area contributed by atoms with Gasteiger partial charge in [-0.15, -0.1) is 0 Å². The Bertz CT molecular complexity index is 757. The van der Waals surface area contributed by atoms with Crippen LogP contribution in [0.15, 0.2) is 0 Å². The molecule has 0 aliphatic carbocycles. The molecule has 2 heterocycles. The molecule has 0 bridgehead atoms. The minimum Gasteiger partial charge on any atom is -0.457 e. The first kappa shape index (κ1) is 39.2. The summed E-state index contributed by atoms with van der Waals surface area (Å²) < 4.78 is 33.4. The van der Waals surface area contributed by atoms with Crippen LogP contribution in [0, 0.1) is 0 Å². The molecule has 0 amide bonds. The summed E-state index contributed by atoms with van der Waals surface area (Å²) in [4.78, 5) is 12.3. The maximum atomic E-state index is 12.3. The van der Waals surface area contributed by atoms with E-state index >= 15 is 0 Å². The lowest BCUT2D eigenvalue weighted by Gasteiger charge is -2.42. The highest BCUT2D eigenvalue weighted by Crippen LogP contribution is 2.26. The molecule has 0 aromatic carbocycles. The molecule has 2 fully saturated rings. The van der Waals surface area contributed by atoms with E-state index in [1.54, 1.807) is 0 Å². The van der Waals surface area contributed by atoms with Crippen molar-refractivity contribution in [2.24, 2.45) is 0 Å². The van der Waals surface area contributed by atoms with Gasteiger partial charge < -0.3 is 64.2 Å². The van der Waals surface area contributed by atoms with Gasteiger partial charge in [-0.05, 0) is 12.8 Å². The predicted octanol–water partition coefficient (Wildman–Crippen LogP) is -0.114. The van der Waals surface area contributed by atoms with E-state index in [9.17, 15) is 40.5 Å². The van der Waals surface area contributed by atoms with Crippen LogP contribution in [-0.2, 0) is 33.2 Å². The van der Waals surface area contributed by atoms with E-state index in [-0.39, 0.29) is 19.6 Å². The molecule has 11 unspecified atom stereocenters. The maximum Gasteiger partial charge on any atom is 0.306 e. The molecular formula is C30H56O14. The van der Waals surface area contributed by atoms with Gasteiger partial charge in [-0.25, -0.2) is 0 Å². The van der Waals surface area contributed by atoms with Gasteiger partial charge in [0.05, 0.1) is 26.4 Å². The van der Waals surface area contributed by atoms with Crippen molar-refractivity contribution in [2.75, 3.05) is 33.0 Å². The molecule has 7 N–H and O–H groups in total. The summed E-state index contributed by atoms with van der Waals surface area (Å²) in [5, 5.41) is 70.8. The fraction of sp³-hybridized carbons (Fsp3) is 0.967. The first-order chi connectivity index (χ1) is 21.1. The second-order valence-corrected chi connectivity index (χ2v) is 11.6. The average molecular weight is 641 g/mol. The second-order valence-electron chi connectivity index (χ2n) is 11.6. The van der Waals surface area contributed by atoms with Crippen molar-refractivity contribution in [2.45, 2.75) is 152 Å². The van der Waals surface area contributed by atoms with E-state index in [0.29, 0.717) is 13.0 Å². The van der Waals surface area contributed by atoms with Crippen molar-refractivity contribution >= 4 is 5.97 Å². The highest BCUT2D eigenvalue weighted by Gasteiger charge is 2.47. The van der Waals surface area contributed by atoms with Gasteiger partial charge in [0, 0.05) is 13.0 Å². The van der Waals surface area contributed by atoms with Gasteiger partial charge in [-0.2, -0.15) is 0 Å². The van der Waals surface area contributed by atoms with Crippen LogP contribution in [0.4, 0.5) is 0 Å².